The number of hydrogen-bond acceptors (Lipinski definition) is 3. The van der Waals surface area contributed by atoms with Crippen LogP contribution in [-0.2, 0) is 6.42 Å². The van der Waals surface area contributed by atoms with Crippen LogP contribution >= 0.6 is 11.6 Å². The zero-order valence-corrected chi connectivity index (χ0v) is 14.3. The third kappa shape index (κ3) is 3.08. The molecule has 1 N–H and O–H groups in total. The monoisotopic (exact) mass is 344 g/mol. The first-order valence-corrected chi connectivity index (χ1v) is 8.94. The van der Waals surface area contributed by atoms with Crippen molar-refractivity contribution in [3.63, 3.8) is 0 Å². The third-order valence-corrected chi connectivity index (χ3v) is 5.41. The average molecular weight is 345 g/mol. The Bertz CT molecular complexity index is 721. The summed E-state index contributed by atoms with van der Waals surface area (Å²) in [5.74, 6) is 0.0723. The highest BCUT2D eigenvalue weighted by atomic mass is 35.5. The van der Waals surface area contributed by atoms with Gasteiger partial charge in [0, 0.05) is 30.2 Å². The lowest BCUT2D eigenvalue weighted by molar-refractivity contribution is 0.0701. The SMILES string of the molecule is O=C(c1ccoc1)N1CCC(NC2CCc3cc(Cl)ccc32)CC1. The molecule has 5 heteroatoms. The molecule has 1 fully saturated rings. The number of likely N-dealkylation sites (tertiary alicyclic amines) is 1. The highest BCUT2D eigenvalue weighted by Gasteiger charge is 2.28. The zero-order valence-electron chi connectivity index (χ0n) is 13.5. The van der Waals surface area contributed by atoms with E-state index < -0.39 is 0 Å². The number of amides is 1. The Morgan fingerprint density at radius 2 is 2.04 bits per heavy atom. The molecular weight excluding hydrogens is 324 g/mol. The fraction of sp³-hybridized carbons (Fsp3) is 0.421. The van der Waals surface area contributed by atoms with E-state index >= 15 is 0 Å². The van der Waals surface area contributed by atoms with Crippen LogP contribution in [0.25, 0.3) is 0 Å². The Labute approximate surface area is 146 Å². The summed E-state index contributed by atoms with van der Waals surface area (Å²) < 4.78 is 5.01. The lowest BCUT2D eigenvalue weighted by atomic mass is 10.0. The summed E-state index contributed by atoms with van der Waals surface area (Å²) in [6.07, 6.45) is 7.26. The van der Waals surface area contributed by atoms with E-state index in [9.17, 15) is 4.79 Å². The second-order valence-corrected chi connectivity index (χ2v) is 7.12. The number of carbonyl (C=O) groups is 1. The number of carbonyl (C=O) groups excluding carboxylic acids is 1. The number of furan rings is 1. The molecule has 4 nitrogen and oxygen atoms in total. The van der Waals surface area contributed by atoms with Crippen molar-refractivity contribution in [3.05, 3.63) is 58.5 Å². The topological polar surface area (TPSA) is 45.5 Å². The number of fused-ring (bicyclic) bond motifs is 1. The second kappa shape index (κ2) is 6.61. The average Bonchev–Trinajstić information content (AvgIpc) is 3.25. The van der Waals surface area contributed by atoms with Gasteiger partial charge in [0.25, 0.3) is 5.91 Å². The Morgan fingerprint density at radius 1 is 1.21 bits per heavy atom. The normalized spacial score (nSPS) is 21.0. The first-order chi connectivity index (χ1) is 11.7. The van der Waals surface area contributed by atoms with Gasteiger partial charge in [0.1, 0.15) is 6.26 Å². The van der Waals surface area contributed by atoms with Crippen molar-refractivity contribution in [2.75, 3.05) is 13.1 Å². The predicted octanol–water partition coefficient (Wildman–Crippen LogP) is 3.81. The number of hydrogen-bond donors (Lipinski definition) is 1. The van der Waals surface area contributed by atoms with Crippen LogP contribution in [0, 0.1) is 0 Å². The van der Waals surface area contributed by atoms with Crippen molar-refractivity contribution in [3.8, 4) is 0 Å². The van der Waals surface area contributed by atoms with E-state index in [0.29, 0.717) is 17.6 Å². The molecule has 126 valence electrons. The molecule has 2 heterocycles. The number of nitrogens with one attached hydrogen (secondary N) is 1. The minimum Gasteiger partial charge on any atom is -0.472 e. The Balaban J connectivity index is 1.34. The third-order valence-electron chi connectivity index (χ3n) is 5.17. The number of piperidine rings is 1. The summed E-state index contributed by atoms with van der Waals surface area (Å²) in [4.78, 5) is 14.3. The van der Waals surface area contributed by atoms with Gasteiger partial charge in [-0.15, -0.1) is 0 Å². The van der Waals surface area contributed by atoms with Crippen LogP contribution in [0.15, 0.2) is 41.2 Å². The molecule has 2 aliphatic rings. The first-order valence-electron chi connectivity index (χ1n) is 8.56. The summed E-state index contributed by atoms with van der Waals surface area (Å²) in [6.45, 7) is 1.59. The number of nitrogens with zero attached hydrogens (tertiary/aromatic N) is 1. The predicted molar refractivity (Wildman–Crippen MR) is 93.3 cm³/mol. The lowest BCUT2D eigenvalue weighted by Crippen LogP contribution is -2.45. The maximum atomic E-state index is 12.3. The van der Waals surface area contributed by atoms with Gasteiger partial charge in [-0.05, 0) is 55.0 Å². The van der Waals surface area contributed by atoms with Crippen molar-refractivity contribution in [2.45, 2.75) is 37.8 Å². The molecular formula is C19H21ClN2O2. The van der Waals surface area contributed by atoms with Crippen LogP contribution in [0.1, 0.15) is 46.8 Å². The van der Waals surface area contributed by atoms with E-state index in [-0.39, 0.29) is 5.91 Å². The molecule has 1 aromatic heterocycles. The van der Waals surface area contributed by atoms with E-state index in [1.807, 2.05) is 11.0 Å². The summed E-state index contributed by atoms with van der Waals surface area (Å²) in [6, 6.07) is 8.83. The zero-order chi connectivity index (χ0) is 16.5. The van der Waals surface area contributed by atoms with Gasteiger partial charge in [0.2, 0.25) is 0 Å². The maximum absolute atomic E-state index is 12.3. The largest absolute Gasteiger partial charge is 0.472 e. The molecule has 1 saturated heterocycles. The van der Waals surface area contributed by atoms with Crippen LogP contribution in [0.2, 0.25) is 5.02 Å². The fourth-order valence-electron chi connectivity index (χ4n) is 3.86. The number of benzene rings is 1. The molecule has 1 aromatic carbocycles. The fourth-order valence-corrected chi connectivity index (χ4v) is 4.06. The Hall–Kier alpha value is -1.78. The van der Waals surface area contributed by atoms with Crippen molar-refractivity contribution >= 4 is 17.5 Å². The van der Waals surface area contributed by atoms with Crippen LogP contribution in [0.5, 0.6) is 0 Å². The van der Waals surface area contributed by atoms with Gasteiger partial charge >= 0.3 is 0 Å². The van der Waals surface area contributed by atoms with Crippen molar-refractivity contribution in [2.24, 2.45) is 0 Å². The Kier molecular flexibility index (Phi) is 4.33. The molecule has 2 aromatic rings. The molecule has 1 aliphatic heterocycles. The van der Waals surface area contributed by atoms with Crippen molar-refractivity contribution in [1.82, 2.24) is 10.2 Å². The number of rotatable bonds is 3. The standard InChI is InChI=1S/C19H21ClN2O2/c20-15-2-3-17-13(11-15)1-4-18(17)21-16-5-8-22(9-6-16)19(23)14-7-10-24-12-14/h2-3,7,10-12,16,18,21H,1,4-6,8-9H2. The molecule has 0 spiro atoms. The van der Waals surface area contributed by atoms with E-state index in [1.54, 1.807) is 12.3 Å². The lowest BCUT2D eigenvalue weighted by Gasteiger charge is -2.34. The number of halogens is 1. The van der Waals surface area contributed by atoms with Gasteiger partial charge in [-0.1, -0.05) is 17.7 Å². The van der Waals surface area contributed by atoms with Crippen LogP contribution in [-0.4, -0.2) is 29.9 Å². The highest BCUT2D eigenvalue weighted by molar-refractivity contribution is 6.30. The smallest absolute Gasteiger partial charge is 0.257 e. The molecule has 1 unspecified atom stereocenters. The van der Waals surface area contributed by atoms with E-state index in [4.69, 9.17) is 16.0 Å². The molecule has 1 aliphatic carbocycles. The quantitative estimate of drug-likeness (QED) is 0.920. The van der Waals surface area contributed by atoms with Gasteiger partial charge in [0.15, 0.2) is 0 Å². The Morgan fingerprint density at radius 3 is 2.79 bits per heavy atom. The van der Waals surface area contributed by atoms with Crippen LogP contribution < -0.4 is 5.32 Å². The van der Waals surface area contributed by atoms with Gasteiger partial charge in [-0.25, -0.2) is 0 Å². The van der Waals surface area contributed by atoms with E-state index in [0.717, 1.165) is 43.8 Å². The van der Waals surface area contributed by atoms with E-state index in [2.05, 4.69) is 17.4 Å². The van der Waals surface area contributed by atoms with Crippen molar-refractivity contribution in [1.29, 1.82) is 0 Å². The minimum atomic E-state index is 0.0723. The second-order valence-electron chi connectivity index (χ2n) is 6.68. The summed E-state index contributed by atoms with van der Waals surface area (Å²) in [5, 5.41) is 4.61. The highest BCUT2D eigenvalue weighted by Crippen LogP contribution is 2.33. The molecule has 0 saturated carbocycles. The van der Waals surface area contributed by atoms with Gasteiger partial charge in [-0.2, -0.15) is 0 Å². The van der Waals surface area contributed by atoms with Gasteiger partial charge in [0.05, 0.1) is 11.8 Å². The summed E-state index contributed by atoms with van der Waals surface area (Å²) in [5.41, 5.74) is 3.40. The number of aryl methyl sites for hydroxylation is 1. The van der Waals surface area contributed by atoms with Crippen molar-refractivity contribution < 1.29 is 9.21 Å². The molecule has 24 heavy (non-hydrogen) atoms. The van der Waals surface area contributed by atoms with Gasteiger partial charge < -0.3 is 14.6 Å². The molecule has 4 rings (SSSR count). The van der Waals surface area contributed by atoms with E-state index in [1.165, 1.54) is 17.4 Å². The van der Waals surface area contributed by atoms with Gasteiger partial charge in [-0.3, -0.25) is 4.79 Å². The van der Waals surface area contributed by atoms with Crippen LogP contribution in [0.3, 0.4) is 0 Å². The molecule has 0 radical (unpaired) electrons. The molecule has 0 bridgehead atoms. The maximum Gasteiger partial charge on any atom is 0.257 e. The minimum absolute atomic E-state index is 0.0723. The summed E-state index contributed by atoms with van der Waals surface area (Å²) in [7, 11) is 0. The molecule has 1 amide bonds. The molecule has 1 atom stereocenters. The summed E-state index contributed by atoms with van der Waals surface area (Å²) >= 11 is 6.09. The van der Waals surface area contributed by atoms with Crippen LogP contribution in [0.4, 0.5) is 0 Å². The first kappa shape index (κ1) is 15.7.